The van der Waals surface area contributed by atoms with Crippen LogP contribution in [0, 0.1) is 12.8 Å². The molecule has 1 aliphatic heterocycles. The van der Waals surface area contributed by atoms with E-state index in [9.17, 15) is 13.2 Å². The van der Waals surface area contributed by atoms with Crippen LogP contribution in [0.4, 0.5) is 5.82 Å². The second-order valence-corrected chi connectivity index (χ2v) is 10.5. The summed E-state index contributed by atoms with van der Waals surface area (Å²) in [7, 11) is -3.03. The van der Waals surface area contributed by atoms with E-state index in [0.717, 1.165) is 17.7 Å². The summed E-state index contributed by atoms with van der Waals surface area (Å²) in [6.07, 6.45) is 1.54. The van der Waals surface area contributed by atoms with Crippen molar-refractivity contribution in [3.05, 3.63) is 47.2 Å². The number of aryl methyl sites for hydroxylation is 1. The lowest BCUT2D eigenvalue weighted by Crippen LogP contribution is -2.23. The highest BCUT2D eigenvalue weighted by molar-refractivity contribution is 7.91. The zero-order valence-corrected chi connectivity index (χ0v) is 17.8. The molecule has 0 spiro atoms. The van der Waals surface area contributed by atoms with Crippen molar-refractivity contribution < 1.29 is 13.2 Å². The normalized spacial score (nSPS) is 19.7. The zero-order valence-electron chi connectivity index (χ0n) is 17.0. The molecule has 0 aliphatic carbocycles. The van der Waals surface area contributed by atoms with Crippen molar-refractivity contribution in [1.82, 2.24) is 9.78 Å². The van der Waals surface area contributed by atoms with E-state index in [4.69, 9.17) is 0 Å². The first-order valence-corrected chi connectivity index (χ1v) is 11.6. The predicted octanol–water partition coefficient (Wildman–Crippen LogP) is 3.49. The number of aromatic nitrogens is 2. The molecule has 152 valence electrons. The Kier molecular flexibility index (Phi) is 5.93. The second kappa shape index (κ2) is 8.07. The summed E-state index contributed by atoms with van der Waals surface area (Å²) in [6, 6.07) is 9.75. The van der Waals surface area contributed by atoms with Crippen LogP contribution in [0.15, 0.2) is 30.3 Å². The average Bonchev–Trinajstić information content (AvgIpc) is 3.16. The van der Waals surface area contributed by atoms with Crippen LogP contribution < -0.4 is 5.32 Å². The number of carbonyl (C=O) groups excluding carboxylic acids is 1. The number of benzene rings is 1. The van der Waals surface area contributed by atoms with Gasteiger partial charge in [-0.05, 0) is 43.7 Å². The number of sulfone groups is 1. The molecule has 1 amide bonds. The Labute approximate surface area is 167 Å². The van der Waals surface area contributed by atoms with Gasteiger partial charge >= 0.3 is 0 Å². The van der Waals surface area contributed by atoms with Crippen LogP contribution in [0.3, 0.4) is 0 Å². The van der Waals surface area contributed by atoms with Crippen LogP contribution in [0.25, 0.3) is 0 Å². The molecule has 28 heavy (non-hydrogen) atoms. The molecule has 7 heteroatoms. The number of rotatable bonds is 6. The summed E-state index contributed by atoms with van der Waals surface area (Å²) in [5.41, 5.74) is 2.98. The van der Waals surface area contributed by atoms with E-state index in [-0.39, 0.29) is 29.4 Å². The molecule has 0 unspecified atom stereocenters. The van der Waals surface area contributed by atoms with Crippen molar-refractivity contribution in [2.45, 2.75) is 52.5 Å². The first-order chi connectivity index (χ1) is 13.1. The number of nitrogens with one attached hydrogen (secondary N) is 1. The summed E-state index contributed by atoms with van der Waals surface area (Å²) in [6.45, 7) is 8.09. The third-order valence-corrected chi connectivity index (χ3v) is 6.93. The van der Waals surface area contributed by atoms with Crippen molar-refractivity contribution in [2.24, 2.45) is 5.92 Å². The Morgan fingerprint density at radius 1 is 1.25 bits per heavy atom. The fourth-order valence-electron chi connectivity index (χ4n) is 3.66. The summed E-state index contributed by atoms with van der Waals surface area (Å²) in [5.74, 6) is 0.956. The van der Waals surface area contributed by atoms with Crippen LogP contribution in [-0.2, 0) is 21.1 Å². The van der Waals surface area contributed by atoms with Crippen molar-refractivity contribution in [3.8, 4) is 0 Å². The standard InChI is InChI=1S/C21H29N3O3S/c1-14(2)11-17-5-7-18(8-6-17)16(4)21(25)22-20-12-15(3)23-24(20)19-9-10-28(26,27)13-19/h5-8,12,14,16,19H,9-11,13H2,1-4H3,(H,22,25)/t16-,19-/m1/s1. The number of carbonyl (C=O) groups is 1. The Morgan fingerprint density at radius 2 is 1.93 bits per heavy atom. The molecule has 2 heterocycles. The lowest BCUT2D eigenvalue weighted by molar-refractivity contribution is -0.117. The lowest BCUT2D eigenvalue weighted by atomic mass is 9.96. The SMILES string of the molecule is Cc1cc(NC(=O)[C@H](C)c2ccc(CC(C)C)cc2)n([C@@H]2CCS(=O)(=O)C2)n1. The molecule has 6 nitrogen and oxygen atoms in total. The summed E-state index contributed by atoms with van der Waals surface area (Å²) >= 11 is 0. The van der Waals surface area contributed by atoms with Gasteiger partial charge in [-0.2, -0.15) is 5.10 Å². The van der Waals surface area contributed by atoms with Gasteiger partial charge < -0.3 is 5.32 Å². The molecule has 1 N–H and O–H groups in total. The Bertz CT molecular complexity index is 946. The molecule has 0 saturated carbocycles. The lowest BCUT2D eigenvalue weighted by Gasteiger charge is -2.17. The number of amides is 1. The van der Waals surface area contributed by atoms with Crippen LogP contribution >= 0.6 is 0 Å². The molecule has 1 aromatic carbocycles. The highest BCUT2D eigenvalue weighted by Gasteiger charge is 2.31. The minimum Gasteiger partial charge on any atom is -0.310 e. The molecule has 1 fully saturated rings. The number of hydrogen-bond acceptors (Lipinski definition) is 4. The molecule has 3 rings (SSSR count). The predicted molar refractivity (Wildman–Crippen MR) is 111 cm³/mol. The van der Waals surface area contributed by atoms with Gasteiger partial charge in [0.2, 0.25) is 5.91 Å². The Balaban J connectivity index is 1.72. The topological polar surface area (TPSA) is 81.1 Å². The average molecular weight is 404 g/mol. The van der Waals surface area contributed by atoms with Gasteiger partial charge in [-0.3, -0.25) is 4.79 Å². The fraction of sp³-hybridized carbons (Fsp3) is 0.524. The van der Waals surface area contributed by atoms with Gasteiger partial charge in [-0.15, -0.1) is 0 Å². The summed E-state index contributed by atoms with van der Waals surface area (Å²) < 4.78 is 25.3. The monoisotopic (exact) mass is 403 g/mol. The molecular formula is C21H29N3O3S. The van der Waals surface area contributed by atoms with Gasteiger partial charge in [-0.25, -0.2) is 13.1 Å². The number of anilines is 1. The van der Waals surface area contributed by atoms with Gasteiger partial charge in [0.15, 0.2) is 9.84 Å². The Hall–Kier alpha value is -2.15. The molecule has 2 atom stereocenters. The molecule has 1 saturated heterocycles. The van der Waals surface area contributed by atoms with Crippen LogP contribution in [0.1, 0.15) is 56.0 Å². The van der Waals surface area contributed by atoms with Gasteiger partial charge in [-0.1, -0.05) is 38.1 Å². The maximum atomic E-state index is 12.8. The van der Waals surface area contributed by atoms with E-state index in [1.807, 2.05) is 26.0 Å². The quantitative estimate of drug-likeness (QED) is 0.800. The second-order valence-electron chi connectivity index (χ2n) is 8.22. The van der Waals surface area contributed by atoms with E-state index in [2.05, 4.69) is 36.4 Å². The minimum absolute atomic E-state index is 0.0733. The van der Waals surface area contributed by atoms with Crippen molar-refractivity contribution >= 4 is 21.6 Å². The molecule has 1 aromatic heterocycles. The largest absolute Gasteiger partial charge is 0.310 e. The smallest absolute Gasteiger partial charge is 0.232 e. The van der Waals surface area contributed by atoms with Crippen molar-refractivity contribution in [2.75, 3.05) is 16.8 Å². The zero-order chi connectivity index (χ0) is 20.5. The summed E-state index contributed by atoms with van der Waals surface area (Å²) in [4.78, 5) is 12.8. The van der Waals surface area contributed by atoms with E-state index in [0.29, 0.717) is 18.2 Å². The minimum atomic E-state index is -3.03. The number of hydrogen-bond donors (Lipinski definition) is 1. The van der Waals surface area contributed by atoms with E-state index < -0.39 is 9.84 Å². The maximum absolute atomic E-state index is 12.8. The first-order valence-electron chi connectivity index (χ1n) is 9.81. The van der Waals surface area contributed by atoms with E-state index in [1.54, 1.807) is 10.7 Å². The van der Waals surface area contributed by atoms with Gasteiger partial charge in [0.05, 0.1) is 29.2 Å². The molecule has 0 radical (unpaired) electrons. The highest BCUT2D eigenvalue weighted by atomic mass is 32.2. The summed E-state index contributed by atoms with van der Waals surface area (Å²) in [5, 5.41) is 7.37. The van der Waals surface area contributed by atoms with Crippen LogP contribution in [0.5, 0.6) is 0 Å². The molecule has 2 aromatic rings. The van der Waals surface area contributed by atoms with Crippen LogP contribution in [-0.4, -0.2) is 35.6 Å². The van der Waals surface area contributed by atoms with Gasteiger partial charge in [0.25, 0.3) is 0 Å². The third kappa shape index (κ3) is 4.82. The first kappa shape index (κ1) is 20.6. The van der Waals surface area contributed by atoms with E-state index in [1.165, 1.54) is 5.56 Å². The third-order valence-electron chi connectivity index (χ3n) is 5.18. The van der Waals surface area contributed by atoms with Gasteiger partial charge in [0, 0.05) is 6.07 Å². The van der Waals surface area contributed by atoms with Gasteiger partial charge in [0.1, 0.15) is 5.82 Å². The van der Waals surface area contributed by atoms with Crippen molar-refractivity contribution in [1.29, 1.82) is 0 Å². The van der Waals surface area contributed by atoms with Crippen LogP contribution in [0.2, 0.25) is 0 Å². The Morgan fingerprint density at radius 3 is 2.50 bits per heavy atom. The number of nitrogens with zero attached hydrogens (tertiary/aromatic N) is 2. The maximum Gasteiger partial charge on any atom is 0.232 e. The fourth-order valence-corrected chi connectivity index (χ4v) is 5.35. The molecule has 0 bridgehead atoms. The molecular weight excluding hydrogens is 374 g/mol. The highest BCUT2D eigenvalue weighted by Crippen LogP contribution is 2.28. The molecule has 1 aliphatic rings. The van der Waals surface area contributed by atoms with E-state index >= 15 is 0 Å². The van der Waals surface area contributed by atoms with Crippen molar-refractivity contribution in [3.63, 3.8) is 0 Å².